The Morgan fingerprint density at radius 1 is 0.854 bits per heavy atom. The molecule has 2 aromatic carbocycles. The normalized spacial score (nSPS) is 15.0. The largest absolute Gasteiger partial charge is 0.481 e. The first-order valence-electron chi connectivity index (χ1n) is 15.8. The van der Waals surface area contributed by atoms with Crippen LogP contribution >= 0.6 is 0 Å². The maximum Gasteiger partial charge on any atom is 0.306 e. The maximum atomic E-state index is 14.0. The van der Waals surface area contributed by atoms with Gasteiger partial charge in [0.2, 0.25) is 11.8 Å². The van der Waals surface area contributed by atoms with Gasteiger partial charge in [0.15, 0.2) is 5.78 Å². The lowest BCUT2D eigenvalue weighted by molar-refractivity contribution is -0.150. The average molecular weight is 660 g/mol. The van der Waals surface area contributed by atoms with Crippen molar-refractivity contribution in [3.8, 4) is 6.07 Å². The van der Waals surface area contributed by atoms with E-state index in [9.17, 15) is 39.0 Å². The number of carboxylic acids is 2. The summed E-state index contributed by atoms with van der Waals surface area (Å²) in [5.41, 5.74) is 2.72. The second-order valence-electron chi connectivity index (χ2n) is 12.3. The maximum absolute atomic E-state index is 14.0. The Hall–Kier alpha value is -5.31. The van der Waals surface area contributed by atoms with Crippen molar-refractivity contribution in [1.82, 2.24) is 10.6 Å². The van der Waals surface area contributed by atoms with Crippen molar-refractivity contribution in [3.05, 3.63) is 83.4 Å². The number of ether oxygens (including phenoxy) is 1. The number of benzene rings is 2. The van der Waals surface area contributed by atoms with Gasteiger partial charge in [-0.15, -0.1) is 0 Å². The number of fused-ring (bicyclic) bond motifs is 1. The highest BCUT2D eigenvalue weighted by Gasteiger charge is 2.38. The van der Waals surface area contributed by atoms with Gasteiger partial charge >= 0.3 is 17.9 Å². The molecule has 254 valence electrons. The number of hydrogen-bond acceptors (Lipinski definition) is 8. The molecule has 3 rings (SSSR count). The molecule has 0 aromatic heterocycles. The number of carbonyl (C=O) groups is 6. The first-order valence-corrected chi connectivity index (χ1v) is 15.8. The summed E-state index contributed by atoms with van der Waals surface area (Å²) in [4.78, 5) is 76.8. The molecule has 0 saturated heterocycles. The van der Waals surface area contributed by atoms with E-state index < -0.39 is 84.6 Å². The number of amides is 2. The van der Waals surface area contributed by atoms with E-state index in [0.29, 0.717) is 12.8 Å². The third-order valence-corrected chi connectivity index (χ3v) is 8.33. The molecule has 48 heavy (non-hydrogen) atoms. The summed E-state index contributed by atoms with van der Waals surface area (Å²) in [6, 6.07) is 16.1. The lowest BCUT2D eigenvalue weighted by atomic mass is 9.83. The van der Waals surface area contributed by atoms with E-state index in [1.54, 1.807) is 50.2 Å². The van der Waals surface area contributed by atoms with Gasteiger partial charge in [-0.2, -0.15) is 5.26 Å². The van der Waals surface area contributed by atoms with Gasteiger partial charge in [0.05, 0.1) is 43.3 Å². The molecule has 1 aliphatic carbocycles. The molecule has 2 amide bonds. The van der Waals surface area contributed by atoms with Crippen LogP contribution < -0.4 is 10.6 Å². The van der Waals surface area contributed by atoms with Gasteiger partial charge in [0.25, 0.3) is 0 Å². The number of carboxylic acid groups (broad SMARTS) is 2. The number of nitrogens with zero attached hydrogens (tertiary/aromatic N) is 1. The van der Waals surface area contributed by atoms with Crippen molar-refractivity contribution in [2.45, 2.75) is 71.1 Å². The minimum Gasteiger partial charge on any atom is -0.481 e. The Balaban J connectivity index is 1.81. The van der Waals surface area contributed by atoms with Crippen LogP contribution in [0.25, 0.3) is 0 Å². The van der Waals surface area contributed by atoms with Gasteiger partial charge in [-0.25, -0.2) is 0 Å². The van der Waals surface area contributed by atoms with E-state index in [1.807, 2.05) is 24.3 Å². The van der Waals surface area contributed by atoms with Gasteiger partial charge in [-0.05, 0) is 41.4 Å². The van der Waals surface area contributed by atoms with Crippen LogP contribution in [0, 0.1) is 35.0 Å². The number of Topliss-reactive ketones (excluding diaryl/α,β-unsaturated/α-hetero) is 1. The first-order chi connectivity index (χ1) is 22.9. The second-order valence-corrected chi connectivity index (χ2v) is 12.3. The number of esters is 1. The van der Waals surface area contributed by atoms with Crippen LogP contribution in [-0.2, 0) is 53.0 Å². The van der Waals surface area contributed by atoms with Crippen molar-refractivity contribution >= 4 is 35.5 Å². The molecule has 0 aliphatic heterocycles. The minimum atomic E-state index is -1.32. The number of nitrogens with one attached hydrogen (secondary N) is 2. The summed E-state index contributed by atoms with van der Waals surface area (Å²) in [6.45, 7) is 3.41. The molecule has 0 bridgehead atoms. The highest BCUT2D eigenvalue weighted by Crippen LogP contribution is 2.31. The van der Waals surface area contributed by atoms with Crippen molar-refractivity contribution in [3.63, 3.8) is 0 Å². The van der Waals surface area contributed by atoms with E-state index >= 15 is 0 Å². The molecule has 12 nitrogen and oxygen atoms in total. The third-order valence-electron chi connectivity index (χ3n) is 8.33. The molecule has 0 heterocycles. The first kappa shape index (κ1) is 37.2. The molecule has 2 aromatic rings. The molecule has 0 saturated carbocycles. The number of nitriles is 1. The lowest BCUT2D eigenvalue weighted by Crippen LogP contribution is -2.50. The Morgan fingerprint density at radius 3 is 2.02 bits per heavy atom. The Morgan fingerprint density at radius 2 is 1.46 bits per heavy atom. The Kier molecular flexibility index (Phi) is 14.0. The van der Waals surface area contributed by atoms with Crippen LogP contribution in [0.3, 0.4) is 0 Å². The zero-order chi connectivity index (χ0) is 35.2. The Labute approximate surface area is 279 Å². The predicted molar refractivity (Wildman–Crippen MR) is 173 cm³/mol. The van der Waals surface area contributed by atoms with Crippen LogP contribution in [-0.4, -0.2) is 57.8 Å². The van der Waals surface area contributed by atoms with Gasteiger partial charge in [0.1, 0.15) is 6.61 Å². The number of carbonyl (C=O) groups excluding carboxylic acids is 4. The minimum absolute atomic E-state index is 0.0548. The van der Waals surface area contributed by atoms with Gasteiger partial charge in [-0.1, -0.05) is 74.5 Å². The highest BCUT2D eigenvalue weighted by molar-refractivity contribution is 5.95. The highest BCUT2D eigenvalue weighted by atomic mass is 16.5. The van der Waals surface area contributed by atoms with E-state index in [1.165, 1.54) is 6.08 Å². The van der Waals surface area contributed by atoms with E-state index in [4.69, 9.17) is 10.00 Å². The average Bonchev–Trinajstić information content (AvgIpc) is 3.47. The summed E-state index contributed by atoms with van der Waals surface area (Å²) in [7, 11) is 0. The SMILES string of the molecule is CC(C)[C@H](CC(=O)[C@@H](NC(=O)[C@H](CC(=O)O)CC(=O)OCc1ccccc1)C1Cc2ccccc2C1)C(=O)N[C@H](/C=C/C#N)CC(=O)O. The predicted octanol–water partition coefficient (Wildman–Crippen LogP) is 3.38. The van der Waals surface area contributed by atoms with Crippen molar-refractivity contribution in [1.29, 1.82) is 5.26 Å². The number of hydrogen-bond donors (Lipinski definition) is 4. The van der Waals surface area contributed by atoms with Crippen LogP contribution in [0.5, 0.6) is 0 Å². The molecule has 12 heteroatoms. The fourth-order valence-electron chi connectivity index (χ4n) is 5.81. The van der Waals surface area contributed by atoms with Gasteiger partial charge in [0, 0.05) is 18.4 Å². The monoisotopic (exact) mass is 659 g/mol. The molecule has 4 atom stereocenters. The second kappa shape index (κ2) is 18.1. The standard InChI is InChI=1S/C36H41N3O9/c1-22(2)29(36(47)38-28(13-8-14-37)19-32(43)44)20-30(40)34(26-15-24-11-6-7-12-25(24)16-26)39-35(46)27(17-31(41)42)18-33(45)48-21-23-9-4-3-5-10-23/h3-13,22,26-29,34H,15-21H2,1-2H3,(H,38,47)(H,39,46)(H,41,42)(H,43,44)/b13-8+/t27-,28-,29+,34+/m1/s1. The quantitative estimate of drug-likeness (QED) is 0.136. The summed E-state index contributed by atoms with van der Waals surface area (Å²) < 4.78 is 5.29. The number of allylic oxidation sites excluding steroid dienone is 1. The van der Waals surface area contributed by atoms with Crippen molar-refractivity contribution in [2.24, 2.45) is 23.7 Å². The summed E-state index contributed by atoms with van der Waals surface area (Å²) in [5, 5.41) is 33.0. The third kappa shape index (κ3) is 11.5. The van der Waals surface area contributed by atoms with Gasteiger partial charge in [-0.3, -0.25) is 28.8 Å². The molecule has 0 unspecified atom stereocenters. The van der Waals surface area contributed by atoms with Crippen LogP contribution in [0.4, 0.5) is 0 Å². The number of ketones is 1. The fourth-order valence-corrected chi connectivity index (χ4v) is 5.81. The Bertz CT molecular complexity index is 1520. The van der Waals surface area contributed by atoms with E-state index in [-0.39, 0.29) is 18.9 Å². The molecular weight excluding hydrogens is 618 g/mol. The summed E-state index contributed by atoms with van der Waals surface area (Å²) >= 11 is 0. The van der Waals surface area contributed by atoms with Crippen molar-refractivity contribution in [2.75, 3.05) is 0 Å². The lowest BCUT2D eigenvalue weighted by Gasteiger charge is -2.28. The van der Waals surface area contributed by atoms with Crippen LogP contribution in [0.15, 0.2) is 66.7 Å². The van der Waals surface area contributed by atoms with E-state index in [0.717, 1.165) is 22.8 Å². The molecule has 0 radical (unpaired) electrons. The van der Waals surface area contributed by atoms with Crippen LogP contribution in [0.1, 0.15) is 56.2 Å². The molecule has 1 aliphatic rings. The summed E-state index contributed by atoms with van der Waals surface area (Å²) in [5.74, 6) is -8.10. The van der Waals surface area contributed by atoms with E-state index in [2.05, 4.69) is 10.6 Å². The molecule has 0 fully saturated rings. The number of aliphatic carboxylic acids is 2. The topological polar surface area (TPSA) is 200 Å². The molecular formula is C36H41N3O9. The summed E-state index contributed by atoms with van der Waals surface area (Å²) in [6.07, 6.45) is 1.27. The van der Waals surface area contributed by atoms with Gasteiger partial charge < -0.3 is 25.6 Å². The van der Waals surface area contributed by atoms with Crippen molar-refractivity contribution < 1.29 is 43.7 Å². The fraction of sp³-hybridized carbons (Fsp3) is 0.417. The smallest absolute Gasteiger partial charge is 0.306 e. The zero-order valence-corrected chi connectivity index (χ0v) is 27.0. The molecule has 4 N–H and O–H groups in total. The number of rotatable bonds is 18. The zero-order valence-electron chi connectivity index (χ0n) is 27.0. The van der Waals surface area contributed by atoms with Crippen LogP contribution in [0.2, 0.25) is 0 Å². The molecule has 0 spiro atoms.